The van der Waals surface area contributed by atoms with E-state index in [0.29, 0.717) is 11.0 Å². The Labute approximate surface area is 114 Å². The highest BCUT2D eigenvalue weighted by molar-refractivity contribution is 5.01. The van der Waals surface area contributed by atoms with Gasteiger partial charge >= 0.3 is 0 Å². The first-order valence-electron chi connectivity index (χ1n) is 7.95. The minimum Gasteiger partial charge on any atom is -0.308 e. The minimum absolute atomic E-state index is 0.380. The molecule has 106 valence electrons. The lowest BCUT2D eigenvalue weighted by Crippen LogP contribution is -2.64. The quantitative estimate of drug-likeness (QED) is 0.808. The Morgan fingerprint density at radius 1 is 1.17 bits per heavy atom. The predicted octanol–water partition coefficient (Wildman–Crippen LogP) is 3.28. The molecule has 2 unspecified atom stereocenters. The van der Waals surface area contributed by atoms with Gasteiger partial charge in [-0.25, -0.2) is 0 Å². The van der Waals surface area contributed by atoms with Gasteiger partial charge in [-0.1, -0.05) is 34.6 Å². The summed E-state index contributed by atoms with van der Waals surface area (Å²) < 4.78 is 0. The van der Waals surface area contributed by atoms with E-state index in [9.17, 15) is 0 Å². The predicted molar refractivity (Wildman–Crippen MR) is 78.9 cm³/mol. The standard InChI is InChI=1S/C16H32N2/c1-6-14-10-17-16(7-2,8-3)12-18(14)11-13-9-15(13,4)5/h13-14,17H,6-12H2,1-5H3. The third-order valence-corrected chi connectivity index (χ3v) is 5.73. The minimum atomic E-state index is 0.380. The number of piperazine rings is 1. The Morgan fingerprint density at radius 3 is 2.22 bits per heavy atom. The van der Waals surface area contributed by atoms with E-state index in [0.717, 1.165) is 12.0 Å². The van der Waals surface area contributed by atoms with Gasteiger partial charge in [0.1, 0.15) is 0 Å². The van der Waals surface area contributed by atoms with Gasteiger partial charge in [0.2, 0.25) is 0 Å². The van der Waals surface area contributed by atoms with Crippen LogP contribution in [0.15, 0.2) is 0 Å². The number of hydrogen-bond acceptors (Lipinski definition) is 2. The Morgan fingerprint density at radius 2 is 1.78 bits per heavy atom. The van der Waals surface area contributed by atoms with Gasteiger partial charge in [-0.2, -0.15) is 0 Å². The lowest BCUT2D eigenvalue weighted by molar-refractivity contribution is 0.0639. The summed E-state index contributed by atoms with van der Waals surface area (Å²) in [5, 5.41) is 3.84. The van der Waals surface area contributed by atoms with Gasteiger partial charge in [0, 0.05) is 31.2 Å². The van der Waals surface area contributed by atoms with Crippen molar-refractivity contribution in [3.8, 4) is 0 Å². The summed E-state index contributed by atoms with van der Waals surface area (Å²) >= 11 is 0. The molecule has 18 heavy (non-hydrogen) atoms. The van der Waals surface area contributed by atoms with Gasteiger partial charge in [-0.05, 0) is 37.0 Å². The maximum atomic E-state index is 3.84. The summed E-state index contributed by atoms with van der Waals surface area (Å²) in [5.41, 5.74) is 0.995. The Kier molecular flexibility index (Phi) is 4.08. The van der Waals surface area contributed by atoms with Gasteiger partial charge < -0.3 is 5.32 Å². The van der Waals surface area contributed by atoms with E-state index < -0.39 is 0 Å². The van der Waals surface area contributed by atoms with Gasteiger partial charge in [0.05, 0.1) is 0 Å². The van der Waals surface area contributed by atoms with Gasteiger partial charge in [0.15, 0.2) is 0 Å². The summed E-state index contributed by atoms with van der Waals surface area (Å²) in [5.74, 6) is 0.941. The number of rotatable bonds is 5. The van der Waals surface area contributed by atoms with Crippen molar-refractivity contribution in [3.05, 3.63) is 0 Å². The third kappa shape index (κ3) is 2.75. The average molecular weight is 252 g/mol. The molecular formula is C16H32N2. The van der Waals surface area contributed by atoms with Crippen molar-refractivity contribution < 1.29 is 0 Å². The highest BCUT2D eigenvalue weighted by atomic mass is 15.3. The molecule has 0 radical (unpaired) electrons. The maximum Gasteiger partial charge on any atom is 0.0304 e. The van der Waals surface area contributed by atoms with E-state index in [2.05, 4.69) is 44.8 Å². The van der Waals surface area contributed by atoms with Crippen LogP contribution in [0.5, 0.6) is 0 Å². The second kappa shape index (κ2) is 5.13. The van der Waals surface area contributed by atoms with Crippen LogP contribution < -0.4 is 5.32 Å². The van der Waals surface area contributed by atoms with E-state index in [4.69, 9.17) is 0 Å². The van der Waals surface area contributed by atoms with Crippen LogP contribution in [0.2, 0.25) is 0 Å². The second-order valence-corrected chi connectivity index (χ2v) is 7.25. The normalized spacial score (nSPS) is 34.5. The lowest BCUT2D eigenvalue weighted by Gasteiger charge is -2.47. The second-order valence-electron chi connectivity index (χ2n) is 7.25. The van der Waals surface area contributed by atoms with E-state index >= 15 is 0 Å². The molecule has 1 aliphatic heterocycles. The molecule has 2 rings (SSSR count). The Balaban J connectivity index is 1.99. The molecule has 0 amide bonds. The van der Waals surface area contributed by atoms with Crippen LogP contribution in [0.1, 0.15) is 60.3 Å². The molecule has 2 fully saturated rings. The molecule has 0 aromatic heterocycles. The van der Waals surface area contributed by atoms with Gasteiger partial charge in [-0.15, -0.1) is 0 Å². The third-order valence-electron chi connectivity index (χ3n) is 5.73. The van der Waals surface area contributed by atoms with E-state index in [1.54, 1.807) is 0 Å². The summed E-state index contributed by atoms with van der Waals surface area (Å²) in [4.78, 5) is 2.79. The molecule has 1 saturated carbocycles. The highest BCUT2D eigenvalue weighted by Gasteiger charge is 2.48. The fourth-order valence-electron chi connectivity index (χ4n) is 3.55. The number of nitrogens with one attached hydrogen (secondary N) is 1. The van der Waals surface area contributed by atoms with Crippen LogP contribution >= 0.6 is 0 Å². The maximum absolute atomic E-state index is 3.84. The molecule has 0 bridgehead atoms. The first-order chi connectivity index (χ1) is 8.46. The van der Waals surface area contributed by atoms with E-state index in [-0.39, 0.29) is 0 Å². The SMILES string of the molecule is CCC1CNC(CC)(CC)CN1CC1CC1(C)C. The number of hydrogen-bond donors (Lipinski definition) is 1. The zero-order valence-corrected chi connectivity index (χ0v) is 13.1. The molecule has 2 nitrogen and oxygen atoms in total. The smallest absolute Gasteiger partial charge is 0.0304 e. The number of nitrogens with zero attached hydrogens (tertiary/aromatic N) is 1. The van der Waals surface area contributed by atoms with Crippen LogP contribution in [-0.4, -0.2) is 36.1 Å². The topological polar surface area (TPSA) is 15.3 Å². The Hall–Kier alpha value is -0.0800. The van der Waals surface area contributed by atoms with Crippen LogP contribution in [-0.2, 0) is 0 Å². The van der Waals surface area contributed by atoms with Crippen molar-refractivity contribution in [2.24, 2.45) is 11.3 Å². The first kappa shape index (κ1) is 14.3. The molecule has 1 saturated heterocycles. The van der Waals surface area contributed by atoms with E-state index in [1.807, 2.05) is 0 Å². The molecule has 1 heterocycles. The van der Waals surface area contributed by atoms with Crippen LogP contribution in [0.25, 0.3) is 0 Å². The zero-order chi connectivity index (χ0) is 13.4. The van der Waals surface area contributed by atoms with Crippen molar-refractivity contribution >= 4 is 0 Å². The first-order valence-corrected chi connectivity index (χ1v) is 7.95. The molecular weight excluding hydrogens is 220 g/mol. The van der Waals surface area contributed by atoms with Crippen molar-refractivity contribution in [1.29, 1.82) is 0 Å². The van der Waals surface area contributed by atoms with Crippen molar-refractivity contribution in [2.45, 2.75) is 71.9 Å². The molecule has 2 heteroatoms. The summed E-state index contributed by atoms with van der Waals surface area (Å²) in [6, 6.07) is 0.757. The van der Waals surface area contributed by atoms with Crippen molar-refractivity contribution in [3.63, 3.8) is 0 Å². The van der Waals surface area contributed by atoms with Crippen LogP contribution in [0.3, 0.4) is 0 Å². The fraction of sp³-hybridized carbons (Fsp3) is 1.00. The summed E-state index contributed by atoms with van der Waals surface area (Å²) in [6.07, 6.45) is 5.22. The summed E-state index contributed by atoms with van der Waals surface area (Å²) in [7, 11) is 0. The average Bonchev–Trinajstić information content (AvgIpc) is 2.96. The monoisotopic (exact) mass is 252 g/mol. The van der Waals surface area contributed by atoms with Crippen LogP contribution in [0.4, 0.5) is 0 Å². The molecule has 1 aliphatic carbocycles. The van der Waals surface area contributed by atoms with Crippen molar-refractivity contribution in [2.75, 3.05) is 19.6 Å². The molecule has 2 aliphatic rings. The lowest BCUT2D eigenvalue weighted by atomic mass is 9.88. The van der Waals surface area contributed by atoms with Gasteiger partial charge in [0.25, 0.3) is 0 Å². The van der Waals surface area contributed by atoms with E-state index in [1.165, 1.54) is 45.3 Å². The zero-order valence-electron chi connectivity index (χ0n) is 13.1. The van der Waals surface area contributed by atoms with Gasteiger partial charge in [-0.3, -0.25) is 4.90 Å². The molecule has 0 aromatic rings. The highest BCUT2D eigenvalue weighted by Crippen LogP contribution is 2.52. The molecule has 2 atom stereocenters. The Bertz CT molecular complexity index is 281. The molecule has 0 spiro atoms. The van der Waals surface area contributed by atoms with Crippen molar-refractivity contribution in [1.82, 2.24) is 10.2 Å². The largest absolute Gasteiger partial charge is 0.308 e. The van der Waals surface area contributed by atoms with Crippen LogP contribution in [0, 0.1) is 11.3 Å². The molecule has 1 N–H and O–H groups in total. The summed E-state index contributed by atoms with van der Waals surface area (Å²) in [6.45, 7) is 15.6. The fourth-order valence-corrected chi connectivity index (χ4v) is 3.55. The molecule has 0 aromatic carbocycles.